The lowest BCUT2D eigenvalue weighted by Crippen LogP contribution is -2.35. The van der Waals surface area contributed by atoms with Crippen LogP contribution in [0.25, 0.3) is 0 Å². The van der Waals surface area contributed by atoms with E-state index in [0.717, 1.165) is 0 Å². The Labute approximate surface area is 125 Å². The van der Waals surface area contributed by atoms with Crippen LogP contribution in [0.2, 0.25) is 14.3 Å². The van der Waals surface area contributed by atoms with Crippen LogP contribution < -0.4 is 0 Å². The second-order valence-corrected chi connectivity index (χ2v) is 11.8. The molecule has 0 amide bonds. The molecule has 0 spiro atoms. The second-order valence-electron chi connectivity index (χ2n) is 7.77. The third-order valence-electron chi connectivity index (χ3n) is 6.58. The van der Waals surface area contributed by atoms with Crippen LogP contribution in [0.3, 0.4) is 0 Å². The number of rotatable bonds is 3. The molecule has 19 heavy (non-hydrogen) atoms. The summed E-state index contributed by atoms with van der Waals surface area (Å²) in [6, 6.07) is 0. The van der Waals surface area contributed by atoms with Gasteiger partial charge < -0.3 is 0 Å². The minimum atomic E-state index is -0.478. The number of hydrogen-bond donors (Lipinski definition) is 0. The van der Waals surface area contributed by atoms with Crippen molar-refractivity contribution in [2.75, 3.05) is 0 Å². The first-order valence-corrected chi connectivity index (χ1v) is 11.4. The average Bonchev–Trinajstić information content (AvgIpc) is 2.51. The molecule has 0 heterocycles. The van der Waals surface area contributed by atoms with E-state index in [1.54, 1.807) is 96.3 Å². The lowest BCUT2D eigenvalue weighted by molar-refractivity contribution is 0.429. The van der Waals surface area contributed by atoms with Crippen LogP contribution in [0.5, 0.6) is 0 Å². The first-order chi connectivity index (χ1) is 9.45. The highest BCUT2D eigenvalue weighted by molar-refractivity contribution is 6.63. The molecule has 3 saturated carbocycles. The minimum absolute atomic E-state index is 0.478. The van der Waals surface area contributed by atoms with E-state index in [1.165, 1.54) is 14.3 Å². The fourth-order valence-electron chi connectivity index (χ4n) is 5.71. The highest BCUT2D eigenvalue weighted by atomic mass is 27.2. The minimum Gasteiger partial charge on any atom is -0.0817 e. The number of hydrogen-bond acceptors (Lipinski definition) is 0. The van der Waals surface area contributed by atoms with E-state index >= 15 is 0 Å². The van der Waals surface area contributed by atoms with Gasteiger partial charge in [0.25, 0.3) is 14.1 Å². The predicted octanol–water partition coefficient (Wildman–Crippen LogP) is 6.48. The molecule has 3 fully saturated rings. The van der Waals surface area contributed by atoms with Crippen molar-refractivity contribution in [3.8, 4) is 0 Å². The summed E-state index contributed by atoms with van der Waals surface area (Å²) >= 11 is -0.478. The van der Waals surface area contributed by atoms with Crippen LogP contribution in [-0.4, -0.2) is 14.1 Å². The molecule has 0 saturated heterocycles. The molecule has 0 N–H and O–H groups in total. The van der Waals surface area contributed by atoms with Crippen molar-refractivity contribution in [1.82, 2.24) is 0 Å². The average molecular weight is 276 g/mol. The SMILES string of the molecule is C1CC[CH]([Al]([CH]2CCCCC2)[CH]2CCCCC2)CC1. The third-order valence-corrected chi connectivity index (χ3v) is 11.8. The van der Waals surface area contributed by atoms with Gasteiger partial charge in [-0.3, -0.25) is 0 Å². The van der Waals surface area contributed by atoms with Crippen LogP contribution in [-0.2, 0) is 0 Å². The zero-order valence-corrected chi connectivity index (χ0v) is 14.1. The van der Waals surface area contributed by atoms with Gasteiger partial charge in [0.1, 0.15) is 0 Å². The van der Waals surface area contributed by atoms with Crippen LogP contribution >= 0.6 is 0 Å². The molecule has 0 aromatic carbocycles. The molecule has 0 radical (unpaired) electrons. The molecule has 0 aromatic rings. The maximum atomic E-state index is 1.64. The van der Waals surface area contributed by atoms with Crippen molar-refractivity contribution in [1.29, 1.82) is 0 Å². The summed E-state index contributed by atoms with van der Waals surface area (Å²) in [6.07, 6.45) is 24.0. The van der Waals surface area contributed by atoms with Crippen LogP contribution in [0.1, 0.15) is 96.3 Å². The van der Waals surface area contributed by atoms with Gasteiger partial charge >= 0.3 is 0 Å². The summed E-state index contributed by atoms with van der Waals surface area (Å²) in [4.78, 5) is 0. The van der Waals surface area contributed by atoms with Crippen molar-refractivity contribution in [2.45, 2.75) is 111 Å². The molecule has 0 bridgehead atoms. The quantitative estimate of drug-likeness (QED) is 0.517. The van der Waals surface area contributed by atoms with E-state index in [9.17, 15) is 0 Å². The van der Waals surface area contributed by atoms with E-state index in [-0.39, 0.29) is 0 Å². The van der Waals surface area contributed by atoms with Gasteiger partial charge in [-0.25, -0.2) is 0 Å². The summed E-state index contributed by atoms with van der Waals surface area (Å²) < 4.78 is 3.79. The van der Waals surface area contributed by atoms with Crippen LogP contribution in [0.4, 0.5) is 0 Å². The molecule has 1 heteroatoms. The molecule has 0 nitrogen and oxygen atoms in total. The third kappa shape index (κ3) is 3.80. The largest absolute Gasteiger partial charge is 0.272 e. The van der Waals surface area contributed by atoms with E-state index in [4.69, 9.17) is 0 Å². The van der Waals surface area contributed by atoms with Gasteiger partial charge in [-0.05, 0) is 0 Å². The summed E-state index contributed by atoms with van der Waals surface area (Å²) in [5.41, 5.74) is 0. The zero-order chi connectivity index (χ0) is 12.9. The van der Waals surface area contributed by atoms with E-state index < -0.39 is 14.1 Å². The molecule has 3 rings (SSSR count). The molecule has 0 unspecified atom stereocenters. The molecular formula is C18H33Al. The van der Waals surface area contributed by atoms with Gasteiger partial charge in [0, 0.05) is 0 Å². The lowest BCUT2D eigenvalue weighted by atomic mass is 9.98. The molecule has 0 atom stereocenters. The summed E-state index contributed by atoms with van der Waals surface area (Å²) in [5, 5.41) is 0. The van der Waals surface area contributed by atoms with Gasteiger partial charge in [-0.2, -0.15) is 0 Å². The normalized spacial score (nSPS) is 28.4. The molecular weight excluding hydrogens is 243 g/mol. The second kappa shape index (κ2) is 7.52. The molecule has 0 aliphatic heterocycles. The fourth-order valence-corrected chi connectivity index (χ4v) is 11.7. The Bertz CT molecular complexity index is 202. The topological polar surface area (TPSA) is 0 Å². The Morgan fingerprint density at radius 3 is 0.895 bits per heavy atom. The van der Waals surface area contributed by atoms with E-state index in [2.05, 4.69) is 0 Å². The standard InChI is InChI=1S/3C6H11.Al/c3*1-2-4-6-5-3-1;/h3*1H,2-6H2;. The molecule has 3 aliphatic carbocycles. The summed E-state index contributed by atoms with van der Waals surface area (Å²) in [5.74, 6) is 0. The van der Waals surface area contributed by atoms with E-state index in [1.807, 2.05) is 0 Å². The van der Waals surface area contributed by atoms with Gasteiger partial charge in [0.15, 0.2) is 0 Å². The smallest absolute Gasteiger partial charge is 0.0817 e. The summed E-state index contributed by atoms with van der Waals surface area (Å²) in [7, 11) is 0. The highest BCUT2D eigenvalue weighted by Crippen LogP contribution is 2.49. The van der Waals surface area contributed by atoms with E-state index in [0.29, 0.717) is 0 Å². The van der Waals surface area contributed by atoms with Crippen molar-refractivity contribution in [3.63, 3.8) is 0 Å². The zero-order valence-electron chi connectivity index (χ0n) is 12.9. The van der Waals surface area contributed by atoms with Gasteiger partial charge in [0.05, 0.1) is 0 Å². The molecule has 0 aromatic heterocycles. The van der Waals surface area contributed by atoms with Gasteiger partial charge in [0.2, 0.25) is 0 Å². The Hall–Kier alpha value is 0.532. The lowest BCUT2D eigenvalue weighted by Gasteiger charge is -2.40. The maximum Gasteiger partial charge on any atom is 0.272 e. The monoisotopic (exact) mass is 276 g/mol. The first-order valence-electron chi connectivity index (χ1n) is 9.45. The molecule has 108 valence electrons. The summed E-state index contributed by atoms with van der Waals surface area (Å²) in [6.45, 7) is 0. The maximum absolute atomic E-state index is 1.64. The van der Waals surface area contributed by atoms with Crippen molar-refractivity contribution in [3.05, 3.63) is 0 Å². The fraction of sp³-hybridized carbons (Fsp3) is 1.00. The predicted molar refractivity (Wildman–Crippen MR) is 86.3 cm³/mol. The Kier molecular flexibility index (Phi) is 5.72. The first kappa shape index (κ1) is 14.5. The Morgan fingerprint density at radius 1 is 0.368 bits per heavy atom. The van der Waals surface area contributed by atoms with Crippen LogP contribution in [0.15, 0.2) is 0 Å². The Morgan fingerprint density at radius 2 is 0.632 bits per heavy atom. The highest BCUT2D eigenvalue weighted by Gasteiger charge is 2.41. The molecule has 3 aliphatic rings. The Balaban J connectivity index is 1.68. The van der Waals surface area contributed by atoms with Crippen molar-refractivity contribution < 1.29 is 0 Å². The van der Waals surface area contributed by atoms with Crippen LogP contribution in [0, 0.1) is 0 Å². The van der Waals surface area contributed by atoms with Crippen molar-refractivity contribution in [2.24, 2.45) is 0 Å². The van der Waals surface area contributed by atoms with Gasteiger partial charge in [-0.1, -0.05) is 111 Å². The van der Waals surface area contributed by atoms with Gasteiger partial charge in [-0.15, -0.1) is 0 Å². The van der Waals surface area contributed by atoms with Crippen molar-refractivity contribution >= 4 is 14.1 Å².